The molecular formula is C24H18O2. The highest BCUT2D eigenvalue weighted by atomic mass is 16.3. The third-order valence-electron chi connectivity index (χ3n) is 4.53. The van der Waals surface area contributed by atoms with Crippen LogP contribution in [0, 0.1) is 0 Å². The minimum atomic E-state index is -0.117. The molecule has 2 N–H and O–H groups in total. The summed E-state index contributed by atoms with van der Waals surface area (Å²) in [7, 11) is 0. The van der Waals surface area contributed by atoms with Gasteiger partial charge in [-0.2, -0.15) is 0 Å². The first-order valence-corrected chi connectivity index (χ1v) is 8.51. The van der Waals surface area contributed by atoms with Gasteiger partial charge in [-0.3, -0.25) is 0 Å². The lowest BCUT2D eigenvalue weighted by Crippen LogP contribution is -1.89. The zero-order chi connectivity index (χ0) is 17.9. The van der Waals surface area contributed by atoms with Crippen molar-refractivity contribution in [2.24, 2.45) is 0 Å². The maximum Gasteiger partial charge on any atom is 0.165 e. The zero-order valence-corrected chi connectivity index (χ0v) is 14.1. The SMILES string of the molecule is Oc1cccc(-c2ccccc2-c2ccccc2-c2ccccc2)c1O. The Bertz CT molecular complexity index is 1050. The van der Waals surface area contributed by atoms with E-state index in [1.54, 1.807) is 6.07 Å². The molecule has 0 atom stereocenters. The maximum atomic E-state index is 10.4. The molecule has 0 aliphatic heterocycles. The van der Waals surface area contributed by atoms with E-state index in [9.17, 15) is 10.2 Å². The molecular weight excluding hydrogens is 320 g/mol. The average Bonchev–Trinajstić information content (AvgIpc) is 2.71. The van der Waals surface area contributed by atoms with Gasteiger partial charge in [-0.05, 0) is 33.9 Å². The van der Waals surface area contributed by atoms with Gasteiger partial charge in [-0.25, -0.2) is 0 Å². The fraction of sp³-hybridized carbons (Fsp3) is 0. The Morgan fingerprint density at radius 1 is 0.385 bits per heavy atom. The van der Waals surface area contributed by atoms with E-state index in [2.05, 4.69) is 24.3 Å². The molecule has 0 fully saturated rings. The molecule has 126 valence electrons. The summed E-state index contributed by atoms with van der Waals surface area (Å²) in [6, 6.07) is 31.4. The first kappa shape index (κ1) is 16.0. The Morgan fingerprint density at radius 2 is 0.846 bits per heavy atom. The van der Waals surface area contributed by atoms with Gasteiger partial charge in [0.15, 0.2) is 11.5 Å². The third kappa shape index (κ3) is 2.82. The Hall–Kier alpha value is -3.52. The van der Waals surface area contributed by atoms with Crippen molar-refractivity contribution in [2.75, 3.05) is 0 Å². The van der Waals surface area contributed by atoms with Crippen LogP contribution >= 0.6 is 0 Å². The fourth-order valence-corrected chi connectivity index (χ4v) is 3.29. The van der Waals surface area contributed by atoms with Crippen molar-refractivity contribution in [1.82, 2.24) is 0 Å². The van der Waals surface area contributed by atoms with E-state index in [1.807, 2.05) is 60.7 Å². The predicted molar refractivity (Wildman–Crippen MR) is 106 cm³/mol. The number of hydrogen-bond acceptors (Lipinski definition) is 2. The van der Waals surface area contributed by atoms with Crippen molar-refractivity contribution < 1.29 is 10.2 Å². The molecule has 26 heavy (non-hydrogen) atoms. The smallest absolute Gasteiger partial charge is 0.165 e. The van der Waals surface area contributed by atoms with Crippen molar-refractivity contribution in [3.8, 4) is 44.9 Å². The van der Waals surface area contributed by atoms with Crippen LogP contribution in [0.4, 0.5) is 0 Å². The highest BCUT2D eigenvalue weighted by Crippen LogP contribution is 2.42. The number of hydrogen-bond donors (Lipinski definition) is 2. The lowest BCUT2D eigenvalue weighted by molar-refractivity contribution is 0.405. The second kappa shape index (κ2) is 6.77. The number of para-hydroxylation sites is 1. The highest BCUT2D eigenvalue weighted by molar-refractivity contribution is 5.93. The van der Waals surface area contributed by atoms with Crippen molar-refractivity contribution in [3.63, 3.8) is 0 Å². The van der Waals surface area contributed by atoms with Gasteiger partial charge < -0.3 is 10.2 Å². The first-order chi connectivity index (χ1) is 12.8. The molecule has 2 nitrogen and oxygen atoms in total. The van der Waals surface area contributed by atoms with Gasteiger partial charge in [0, 0.05) is 5.56 Å². The molecule has 2 heteroatoms. The van der Waals surface area contributed by atoms with Crippen LogP contribution in [0.3, 0.4) is 0 Å². The molecule has 0 saturated carbocycles. The van der Waals surface area contributed by atoms with Crippen molar-refractivity contribution >= 4 is 0 Å². The Balaban J connectivity index is 1.96. The molecule has 0 amide bonds. The molecule has 0 aliphatic carbocycles. The van der Waals surface area contributed by atoms with Crippen LogP contribution in [-0.2, 0) is 0 Å². The summed E-state index contributed by atoms with van der Waals surface area (Å²) in [5, 5.41) is 20.3. The van der Waals surface area contributed by atoms with Gasteiger partial charge in [0.05, 0.1) is 0 Å². The number of benzene rings is 4. The van der Waals surface area contributed by atoms with Crippen LogP contribution in [0.1, 0.15) is 0 Å². The summed E-state index contributed by atoms with van der Waals surface area (Å²) < 4.78 is 0. The molecule has 4 aromatic rings. The first-order valence-electron chi connectivity index (χ1n) is 8.51. The Labute approximate surface area is 152 Å². The van der Waals surface area contributed by atoms with Crippen LogP contribution in [-0.4, -0.2) is 10.2 Å². The van der Waals surface area contributed by atoms with E-state index in [1.165, 1.54) is 6.07 Å². The average molecular weight is 338 g/mol. The zero-order valence-electron chi connectivity index (χ0n) is 14.1. The molecule has 0 radical (unpaired) electrons. The van der Waals surface area contributed by atoms with E-state index >= 15 is 0 Å². The van der Waals surface area contributed by atoms with Gasteiger partial charge in [0.25, 0.3) is 0 Å². The topological polar surface area (TPSA) is 40.5 Å². The highest BCUT2D eigenvalue weighted by Gasteiger charge is 2.15. The molecule has 4 aromatic carbocycles. The number of rotatable bonds is 3. The molecule has 0 heterocycles. The second-order valence-electron chi connectivity index (χ2n) is 6.13. The van der Waals surface area contributed by atoms with Crippen LogP contribution in [0.5, 0.6) is 11.5 Å². The lowest BCUT2D eigenvalue weighted by Gasteiger charge is -2.15. The number of phenols is 2. The number of aromatic hydroxyl groups is 2. The van der Waals surface area contributed by atoms with Gasteiger partial charge in [0.2, 0.25) is 0 Å². The predicted octanol–water partition coefficient (Wildman–Crippen LogP) is 6.10. The minimum absolute atomic E-state index is 0.0999. The van der Waals surface area contributed by atoms with E-state index in [0.717, 1.165) is 27.8 Å². The molecule has 0 aliphatic rings. The van der Waals surface area contributed by atoms with Gasteiger partial charge in [-0.1, -0.05) is 91.0 Å². The molecule has 0 aromatic heterocycles. The van der Waals surface area contributed by atoms with E-state index in [-0.39, 0.29) is 11.5 Å². The van der Waals surface area contributed by atoms with Crippen LogP contribution < -0.4 is 0 Å². The Morgan fingerprint density at radius 3 is 1.50 bits per heavy atom. The molecule has 0 unspecified atom stereocenters. The van der Waals surface area contributed by atoms with Crippen LogP contribution in [0.2, 0.25) is 0 Å². The molecule has 0 spiro atoms. The lowest BCUT2D eigenvalue weighted by atomic mass is 9.89. The number of phenolic OH excluding ortho intramolecular Hbond substituents is 2. The third-order valence-corrected chi connectivity index (χ3v) is 4.53. The largest absolute Gasteiger partial charge is 0.504 e. The molecule has 0 bridgehead atoms. The fourth-order valence-electron chi connectivity index (χ4n) is 3.29. The molecule has 4 rings (SSSR count). The Kier molecular flexibility index (Phi) is 4.16. The minimum Gasteiger partial charge on any atom is -0.504 e. The van der Waals surface area contributed by atoms with Gasteiger partial charge in [-0.15, -0.1) is 0 Å². The summed E-state index contributed by atoms with van der Waals surface area (Å²) in [6.07, 6.45) is 0. The monoisotopic (exact) mass is 338 g/mol. The summed E-state index contributed by atoms with van der Waals surface area (Å²) in [5.41, 5.74) is 5.84. The second-order valence-corrected chi connectivity index (χ2v) is 6.13. The van der Waals surface area contributed by atoms with Crippen LogP contribution in [0.25, 0.3) is 33.4 Å². The van der Waals surface area contributed by atoms with Crippen molar-refractivity contribution in [2.45, 2.75) is 0 Å². The molecule has 0 saturated heterocycles. The van der Waals surface area contributed by atoms with E-state index in [0.29, 0.717) is 5.56 Å². The van der Waals surface area contributed by atoms with Crippen molar-refractivity contribution in [3.05, 3.63) is 97.1 Å². The van der Waals surface area contributed by atoms with Crippen LogP contribution in [0.15, 0.2) is 97.1 Å². The standard InChI is InChI=1S/C24H18O2/c25-23-16-8-15-22(24(23)26)21-14-7-6-13-20(21)19-12-5-4-11-18(19)17-9-2-1-3-10-17/h1-16,25-26H. The summed E-state index contributed by atoms with van der Waals surface area (Å²) in [6.45, 7) is 0. The maximum absolute atomic E-state index is 10.4. The van der Waals surface area contributed by atoms with E-state index in [4.69, 9.17) is 0 Å². The van der Waals surface area contributed by atoms with Gasteiger partial charge in [0.1, 0.15) is 0 Å². The van der Waals surface area contributed by atoms with E-state index < -0.39 is 0 Å². The van der Waals surface area contributed by atoms with Crippen molar-refractivity contribution in [1.29, 1.82) is 0 Å². The summed E-state index contributed by atoms with van der Waals surface area (Å²) in [5.74, 6) is -0.217. The summed E-state index contributed by atoms with van der Waals surface area (Å²) >= 11 is 0. The summed E-state index contributed by atoms with van der Waals surface area (Å²) in [4.78, 5) is 0. The quantitative estimate of drug-likeness (QED) is 0.443. The van der Waals surface area contributed by atoms with Gasteiger partial charge >= 0.3 is 0 Å². The normalized spacial score (nSPS) is 10.6.